The highest BCUT2D eigenvalue weighted by Gasteiger charge is 2.20. The standard InChI is InChI=1S/C15H17N3O5/c1-23-7-6-12(15(21)22)17-13(19)8-18-9-16-11-5-3-2-4-10(11)14(18)20/h2-5,9,12H,6-8H2,1H3,(H,17,19)(H,21,22). The van der Waals surface area contributed by atoms with Gasteiger partial charge in [-0.2, -0.15) is 0 Å². The number of carboxylic acids is 1. The van der Waals surface area contributed by atoms with Gasteiger partial charge in [0, 0.05) is 20.1 Å². The van der Waals surface area contributed by atoms with E-state index in [-0.39, 0.29) is 25.1 Å². The molecular weight excluding hydrogens is 302 g/mol. The van der Waals surface area contributed by atoms with Gasteiger partial charge in [0.1, 0.15) is 12.6 Å². The van der Waals surface area contributed by atoms with Crippen LogP contribution >= 0.6 is 0 Å². The van der Waals surface area contributed by atoms with Crippen molar-refractivity contribution in [1.82, 2.24) is 14.9 Å². The number of rotatable bonds is 7. The molecule has 1 atom stereocenters. The number of methoxy groups -OCH3 is 1. The number of hydrogen-bond acceptors (Lipinski definition) is 5. The third-order valence-electron chi connectivity index (χ3n) is 3.29. The molecule has 1 amide bonds. The summed E-state index contributed by atoms with van der Waals surface area (Å²) < 4.78 is 5.96. The number of carboxylic acid groups (broad SMARTS) is 1. The zero-order valence-corrected chi connectivity index (χ0v) is 12.6. The summed E-state index contributed by atoms with van der Waals surface area (Å²) in [5.41, 5.74) is 0.187. The van der Waals surface area contributed by atoms with Gasteiger partial charge in [-0.1, -0.05) is 12.1 Å². The molecule has 2 rings (SSSR count). The maximum absolute atomic E-state index is 12.3. The Kier molecular flexibility index (Phi) is 5.42. The summed E-state index contributed by atoms with van der Waals surface area (Å²) in [4.78, 5) is 39.4. The van der Waals surface area contributed by atoms with Crippen LogP contribution < -0.4 is 10.9 Å². The molecule has 0 radical (unpaired) electrons. The molecule has 0 aliphatic carbocycles. The van der Waals surface area contributed by atoms with Crippen LogP contribution in [-0.4, -0.2) is 46.3 Å². The average Bonchev–Trinajstić information content (AvgIpc) is 2.54. The van der Waals surface area contributed by atoms with E-state index >= 15 is 0 Å². The van der Waals surface area contributed by atoms with Crippen molar-refractivity contribution in [1.29, 1.82) is 0 Å². The minimum absolute atomic E-state index is 0.141. The summed E-state index contributed by atoms with van der Waals surface area (Å²) in [6.45, 7) is -0.0951. The van der Waals surface area contributed by atoms with E-state index < -0.39 is 17.9 Å². The van der Waals surface area contributed by atoms with E-state index in [1.807, 2.05) is 0 Å². The van der Waals surface area contributed by atoms with Crippen LogP contribution in [0.25, 0.3) is 10.9 Å². The second kappa shape index (κ2) is 7.50. The van der Waals surface area contributed by atoms with Crippen LogP contribution in [0.3, 0.4) is 0 Å². The minimum Gasteiger partial charge on any atom is -0.480 e. The Morgan fingerprint density at radius 1 is 1.39 bits per heavy atom. The summed E-state index contributed by atoms with van der Waals surface area (Å²) in [5, 5.41) is 11.8. The summed E-state index contributed by atoms with van der Waals surface area (Å²) in [6.07, 6.45) is 1.41. The molecule has 8 nitrogen and oxygen atoms in total. The second-order valence-corrected chi connectivity index (χ2v) is 4.93. The van der Waals surface area contributed by atoms with Crippen molar-refractivity contribution in [3.05, 3.63) is 40.9 Å². The fourth-order valence-corrected chi connectivity index (χ4v) is 2.11. The Hall–Kier alpha value is -2.74. The smallest absolute Gasteiger partial charge is 0.326 e. The second-order valence-electron chi connectivity index (χ2n) is 4.93. The molecule has 0 spiro atoms. The van der Waals surface area contributed by atoms with Crippen LogP contribution in [0.4, 0.5) is 0 Å². The van der Waals surface area contributed by atoms with E-state index in [9.17, 15) is 14.4 Å². The van der Waals surface area contributed by atoms with E-state index in [0.29, 0.717) is 10.9 Å². The lowest BCUT2D eigenvalue weighted by molar-refractivity contribution is -0.142. The lowest BCUT2D eigenvalue weighted by Crippen LogP contribution is -2.43. The number of carbonyl (C=O) groups excluding carboxylic acids is 1. The van der Waals surface area contributed by atoms with Crippen molar-refractivity contribution in [3.63, 3.8) is 0 Å². The first kappa shape index (κ1) is 16.6. The van der Waals surface area contributed by atoms with Gasteiger partial charge in [-0.05, 0) is 12.1 Å². The van der Waals surface area contributed by atoms with Gasteiger partial charge in [-0.3, -0.25) is 14.2 Å². The van der Waals surface area contributed by atoms with Crippen molar-refractivity contribution >= 4 is 22.8 Å². The Morgan fingerprint density at radius 2 is 2.13 bits per heavy atom. The number of aliphatic carboxylic acids is 1. The van der Waals surface area contributed by atoms with Gasteiger partial charge in [0.15, 0.2) is 0 Å². The molecule has 0 fully saturated rings. The highest BCUT2D eigenvalue weighted by atomic mass is 16.5. The van der Waals surface area contributed by atoms with Gasteiger partial charge >= 0.3 is 5.97 Å². The van der Waals surface area contributed by atoms with Crippen molar-refractivity contribution in [2.75, 3.05) is 13.7 Å². The number of para-hydroxylation sites is 1. The van der Waals surface area contributed by atoms with E-state index in [2.05, 4.69) is 10.3 Å². The lowest BCUT2D eigenvalue weighted by atomic mass is 10.2. The van der Waals surface area contributed by atoms with Gasteiger partial charge in [0.2, 0.25) is 5.91 Å². The molecule has 23 heavy (non-hydrogen) atoms. The number of hydrogen-bond donors (Lipinski definition) is 2. The molecule has 122 valence electrons. The number of nitrogens with zero attached hydrogens (tertiary/aromatic N) is 2. The van der Waals surface area contributed by atoms with Gasteiger partial charge in [0.25, 0.3) is 5.56 Å². The van der Waals surface area contributed by atoms with E-state index in [1.165, 1.54) is 13.4 Å². The molecule has 0 aliphatic rings. The van der Waals surface area contributed by atoms with Crippen LogP contribution in [0.1, 0.15) is 6.42 Å². The first-order valence-corrected chi connectivity index (χ1v) is 6.98. The van der Waals surface area contributed by atoms with Gasteiger partial charge in [-0.15, -0.1) is 0 Å². The third-order valence-corrected chi connectivity index (χ3v) is 3.29. The molecule has 0 bridgehead atoms. The number of carbonyl (C=O) groups is 2. The van der Waals surface area contributed by atoms with Crippen molar-refractivity contribution in [2.24, 2.45) is 0 Å². The average molecular weight is 319 g/mol. The molecule has 1 aromatic carbocycles. The number of aromatic nitrogens is 2. The largest absolute Gasteiger partial charge is 0.480 e. The SMILES string of the molecule is COCCC(NC(=O)Cn1cnc2ccccc2c1=O)C(=O)O. The maximum Gasteiger partial charge on any atom is 0.326 e. The molecule has 1 unspecified atom stereocenters. The number of fused-ring (bicyclic) bond motifs is 1. The first-order chi connectivity index (χ1) is 11.0. The fourth-order valence-electron chi connectivity index (χ4n) is 2.11. The molecule has 0 saturated heterocycles. The van der Waals surface area contributed by atoms with Gasteiger partial charge in [0.05, 0.1) is 17.2 Å². The molecular formula is C15H17N3O5. The van der Waals surface area contributed by atoms with E-state index in [0.717, 1.165) is 4.57 Å². The summed E-state index contributed by atoms with van der Waals surface area (Å²) in [5.74, 6) is -1.73. The number of amides is 1. The lowest BCUT2D eigenvalue weighted by Gasteiger charge is -2.14. The molecule has 1 aromatic heterocycles. The Balaban J connectivity index is 2.12. The van der Waals surface area contributed by atoms with Gasteiger partial charge in [-0.25, -0.2) is 9.78 Å². The zero-order chi connectivity index (χ0) is 16.8. The first-order valence-electron chi connectivity index (χ1n) is 6.98. The Morgan fingerprint density at radius 3 is 2.83 bits per heavy atom. The number of benzene rings is 1. The molecule has 2 aromatic rings. The Labute approximate surface area is 131 Å². The topological polar surface area (TPSA) is 111 Å². The summed E-state index contributed by atoms with van der Waals surface area (Å²) >= 11 is 0. The molecule has 8 heteroatoms. The molecule has 0 aliphatic heterocycles. The van der Waals surface area contributed by atoms with E-state index in [4.69, 9.17) is 9.84 Å². The normalized spacial score (nSPS) is 12.0. The fraction of sp³-hybridized carbons (Fsp3) is 0.333. The maximum atomic E-state index is 12.3. The molecule has 0 saturated carbocycles. The van der Waals surface area contributed by atoms with Crippen LogP contribution in [0, 0.1) is 0 Å². The highest BCUT2D eigenvalue weighted by Crippen LogP contribution is 2.04. The monoisotopic (exact) mass is 319 g/mol. The third kappa shape index (κ3) is 4.13. The summed E-state index contributed by atoms with van der Waals surface area (Å²) in [6, 6.07) is 5.73. The highest BCUT2D eigenvalue weighted by molar-refractivity contribution is 5.83. The minimum atomic E-state index is -1.15. The van der Waals surface area contributed by atoms with Gasteiger partial charge < -0.3 is 15.2 Å². The van der Waals surface area contributed by atoms with Crippen molar-refractivity contribution in [2.45, 2.75) is 19.0 Å². The molecule has 1 heterocycles. The predicted octanol–water partition coefficient (Wildman–Crippen LogP) is 0.00240. The van der Waals surface area contributed by atoms with Crippen LogP contribution in [-0.2, 0) is 20.9 Å². The predicted molar refractivity (Wildman–Crippen MR) is 82.1 cm³/mol. The van der Waals surface area contributed by atoms with Crippen molar-refractivity contribution < 1.29 is 19.4 Å². The summed E-state index contributed by atoms with van der Waals surface area (Å²) in [7, 11) is 1.45. The van der Waals surface area contributed by atoms with Crippen LogP contribution in [0.2, 0.25) is 0 Å². The molecule has 2 N–H and O–H groups in total. The number of nitrogens with one attached hydrogen (secondary N) is 1. The van der Waals surface area contributed by atoms with Crippen LogP contribution in [0.15, 0.2) is 35.4 Å². The quantitative estimate of drug-likeness (QED) is 0.743. The van der Waals surface area contributed by atoms with Crippen LogP contribution in [0.5, 0.6) is 0 Å². The van der Waals surface area contributed by atoms with Crippen molar-refractivity contribution in [3.8, 4) is 0 Å². The van der Waals surface area contributed by atoms with E-state index in [1.54, 1.807) is 24.3 Å². The Bertz CT molecular complexity index is 771. The zero-order valence-electron chi connectivity index (χ0n) is 12.6. The number of ether oxygens (including phenoxy) is 1.